The summed E-state index contributed by atoms with van der Waals surface area (Å²) in [5, 5.41) is 2.72. The Morgan fingerprint density at radius 3 is 2.81 bits per heavy atom. The highest BCUT2D eigenvalue weighted by Gasteiger charge is 2.22. The molecule has 6 heteroatoms. The number of carbonyl (C=O) groups excluding carboxylic acids is 1. The maximum atomic E-state index is 13.8. The van der Waals surface area contributed by atoms with E-state index in [2.05, 4.69) is 5.32 Å². The van der Waals surface area contributed by atoms with Crippen molar-refractivity contribution in [1.82, 2.24) is 4.57 Å². The second-order valence-corrected chi connectivity index (χ2v) is 4.68. The number of ether oxygens (including phenoxy) is 2. The number of nitrogens with one attached hydrogen (secondary N) is 1. The summed E-state index contributed by atoms with van der Waals surface area (Å²) < 4.78 is 26.0. The Bertz CT molecular complexity index is 622. The van der Waals surface area contributed by atoms with Crippen LogP contribution in [0.25, 0.3) is 5.69 Å². The molecule has 2 aromatic rings. The van der Waals surface area contributed by atoms with Crippen molar-refractivity contribution < 1.29 is 18.7 Å². The van der Waals surface area contributed by atoms with Crippen molar-refractivity contribution in [1.29, 1.82) is 0 Å². The molecule has 110 valence electrons. The third kappa shape index (κ3) is 3.12. The molecule has 1 amide bonds. The van der Waals surface area contributed by atoms with Gasteiger partial charge in [0, 0.05) is 18.1 Å². The van der Waals surface area contributed by atoms with Gasteiger partial charge in [0.25, 0.3) is 5.91 Å². The Kier molecular flexibility index (Phi) is 3.98. The molecular formula is C15H15FN2O3. The van der Waals surface area contributed by atoms with E-state index in [0.29, 0.717) is 24.6 Å². The molecule has 1 fully saturated rings. The standard InChI is InChI=1S/C15H15FN2O3/c16-12-4-3-11(9-13(12)18-5-1-2-6-18)17-15(19)14-10-20-7-8-21-14/h1-6,9,14H,7-8,10H2,(H,17,19). The van der Waals surface area contributed by atoms with E-state index >= 15 is 0 Å². The van der Waals surface area contributed by atoms with E-state index in [1.165, 1.54) is 12.1 Å². The van der Waals surface area contributed by atoms with Crippen molar-refractivity contribution in [2.24, 2.45) is 0 Å². The quantitative estimate of drug-likeness (QED) is 0.940. The minimum atomic E-state index is -0.626. The molecule has 0 aliphatic carbocycles. The van der Waals surface area contributed by atoms with Gasteiger partial charge in [-0.3, -0.25) is 4.79 Å². The molecule has 1 N–H and O–H groups in total. The predicted molar refractivity (Wildman–Crippen MR) is 74.9 cm³/mol. The van der Waals surface area contributed by atoms with E-state index in [1.807, 2.05) is 0 Å². The van der Waals surface area contributed by atoms with Crippen LogP contribution in [0.5, 0.6) is 0 Å². The average molecular weight is 290 g/mol. The van der Waals surface area contributed by atoms with Crippen molar-refractivity contribution in [3.63, 3.8) is 0 Å². The van der Waals surface area contributed by atoms with Crippen LogP contribution in [-0.2, 0) is 14.3 Å². The van der Waals surface area contributed by atoms with Gasteiger partial charge in [-0.25, -0.2) is 4.39 Å². The number of nitrogens with zero attached hydrogens (tertiary/aromatic N) is 1. The van der Waals surface area contributed by atoms with Crippen molar-refractivity contribution in [3.8, 4) is 5.69 Å². The van der Waals surface area contributed by atoms with Crippen LogP contribution in [0.4, 0.5) is 10.1 Å². The minimum absolute atomic E-state index is 0.234. The molecule has 1 unspecified atom stereocenters. The van der Waals surface area contributed by atoms with Crippen LogP contribution >= 0.6 is 0 Å². The van der Waals surface area contributed by atoms with Crippen LogP contribution in [0.15, 0.2) is 42.7 Å². The monoisotopic (exact) mass is 290 g/mol. The van der Waals surface area contributed by atoms with E-state index in [9.17, 15) is 9.18 Å². The maximum absolute atomic E-state index is 13.8. The molecule has 1 atom stereocenters. The van der Waals surface area contributed by atoms with Crippen molar-refractivity contribution in [2.75, 3.05) is 25.1 Å². The summed E-state index contributed by atoms with van der Waals surface area (Å²) >= 11 is 0. The molecule has 2 heterocycles. The molecule has 0 saturated carbocycles. The Morgan fingerprint density at radius 1 is 1.29 bits per heavy atom. The largest absolute Gasteiger partial charge is 0.376 e. The number of hydrogen-bond donors (Lipinski definition) is 1. The summed E-state index contributed by atoms with van der Waals surface area (Å²) in [6.45, 7) is 1.13. The van der Waals surface area contributed by atoms with Gasteiger partial charge in [-0.15, -0.1) is 0 Å². The topological polar surface area (TPSA) is 52.5 Å². The lowest BCUT2D eigenvalue weighted by molar-refractivity contribution is -0.142. The minimum Gasteiger partial charge on any atom is -0.376 e. The van der Waals surface area contributed by atoms with Crippen molar-refractivity contribution in [3.05, 3.63) is 48.5 Å². The summed E-state index contributed by atoms with van der Waals surface area (Å²) in [4.78, 5) is 12.0. The third-order valence-corrected chi connectivity index (χ3v) is 3.20. The molecule has 1 aliphatic rings. The first-order valence-corrected chi connectivity index (χ1v) is 6.67. The third-order valence-electron chi connectivity index (χ3n) is 3.20. The van der Waals surface area contributed by atoms with Crippen LogP contribution in [0, 0.1) is 5.82 Å². The fraction of sp³-hybridized carbons (Fsp3) is 0.267. The molecule has 21 heavy (non-hydrogen) atoms. The van der Waals surface area contributed by atoms with Gasteiger partial charge in [0.2, 0.25) is 0 Å². The van der Waals surface area contributed by atoms with E-state index in [-0.39, 0.29) is 18.3 Å². The highest BCUT2D eigenvalue weighted by Crippen LogP contribution is 2.19. The number of benzene rings is 1. The number of hydrogen-bond acceptors (Lipinski definition) is 3. The molecule has 5 nitrogen and oxygen atoms in total. The first kappa shape index (κ1) is 13.8. The highest BCUT2D eigenvalue weighted by atomic mass is 19.1. The molecule has 0 bridgehead atoms. The molecular weight excluding hydrogens is 275 g/mol. The second-order valence-electron chi connectivity index (χ2n) is 4.68. The van der Waals surface area contributed by atoms with Crippen LogP contribution < -0.4 is 5.32 Å². The SMILES string of the molecule is O=C(Nc1ccc(F)c(-n2cccc2)c1)C1COCCO1. The number of halogens is 1. The fourth-order valence-electron chi connectivity index (χ4n) is 2.15. The molecule has 3 rings (SSSR count). The number of rotatable bonds is 3. The summed E-state index contributed by atoms with van der Waals surface area (Å²) in [5.74, 6) is -0.652. The summed E-state index contributed by atoms with van der Waals surface area (Å²) in [6, 6.07) is 8.03. The molecule has 1 saturated heterocycles. The average Bonchev–Trinajstić information content (AvgIpc) is 3.04. The van der Waals surface area contributed by atoms with Gasteiger partial charge in [-0.1, -0.05) is 0 Å². The zero-order chi connectivity index (χ0) is 14.7. The summed E-state index contributed by atoms with van der Waals surface area (Å²) in [7, 11) is 0. The van der Waals surface area contributed by atoms with Crippen LogP contribution in [0.1, 0.15) is 0 Å². The number of amides is 1. The van der Waals surface area contributed by atoms with Crippen LogP contribution in [0.2, 0.25) is 0 Å². The lowest BCUT2D eigenvalue weighted by Gasteiger charge is -2.22. The lowest BCUT2D eigenvalue weighted by Crippen LogP contribution is -2.39. The lowest BCUT2D eigenvalue weighted by atomic mass is 10.2. The zero-order valence-corrected chi connectivity index (χ0v) is 11.3. The van der Waals surface area contributed by atoms with Gasteiger partial charge < -0.3 is 19.4 Å². The van der Waals surface area contributed by atoms with Crippen molar-refractivity contribution >= 4 is 11.6 Å². The van der Waals surface area contributed by atoms with Gasteiger partial charge in [0.1, 0.15) is 5.82 Å². The summed E-state index contributed by atoms with van der Waals surface area (Å²) in [5.41, 5.74) is 0.887. The van der Waals surface area contributed by atoms with Crippen LogP contribution in [0.3, 0.4) is 0 Å². The Morgan fingerprint density at radius 2 is 2.10 bits per heavy atom. The smallest absolute Gasteiger partial charge is 0.255 e. The number of anilines is 1. The first-order valence-electron chi connectivity index (χ1n) is 6.67. The molecule has 1 aromatic heterocycles. The van der Waals surface area contributed by atoms with Gasteiger partial charge in [-0.05, 0) is 30.3 Å². The number of carbonyl (C=O) groups is 1. The van der Waals surface area contributed by atoms with E-state index in [1.54, 1.807) is 35.2 Å². The Balaban J connectivity index is 1.77. The van der Waals surface area contributed by atoms with Gasteiger partial charge in [0.15, 0.2) is 6.10 Å². The zero-order valence-electron chi connectivity index (χ0n) is 11.3. The van der Waals surface area contributed by atoms with E-state index in [4.69, 9.17) is 9.47 Å². The molecule has 1 aromatic carbocycles. The van der Waals surface area contributed by atoms with Gasteiger partial charge in [-0.2, -0.15) is 0 Å². The molecule has 1 aliphatic heterocycles. The summed E-state index contributed by atoms with van der Waals surface area (Å²) in [6.07, 6.45) is 2.85. The Hall–Kier alpha value is -2.18. The predicted octanol–water partition coefficient (Wildman–Crippen LogP) is 1.97. The molecule has 0 radical (unpaired) electrons. The molecule has 0 spiro atoms. The van der Waals surface area contributed by atoms with Crippen LogP contribution in [-0.4, -0.2) is 36.4 Å². The van der Waals surface area contributed by atoms with E-state index < -0.39 is 6.10 Å². The maximum Gasteiger partial charge on any atom is 0.255 e. The second kappa shape index (κ2) is 6.07. The number of aromatic nitrogens is 1. The highest BCUT2D eigenvalue weighted by molar-refractivity contribution is 5.94. The Labute approximate surface area is 121 Å². The normalized spacial score (nSPS) is 18.4. The fourth-order valence-corrected chi connectivity index (χ4v) is 2.15. The first-order chi connectivity index (χ1) is 10.2. The van der Waals surface area contributed by atoms with Gasteiger partial charge in [0.05, 0.1) is 25.5 Å². The van der Waals surface area contributed by atoms with Gasteiger partial charge >= 0.3 is 0 Å². The van der Waals surface area contributed by atoms with Crippen molar-refractivity contribution in [2.45, 2.75) is 6.10 Å². The van der Waals surface area contributed by atoms with E-state index in [0.717, 1.165) is 0 Å².